The smallest absolute Gasteiger partial charge is 0.306 e. The van der Waals surface area contributed by atoms with Crippen LogP contribution in [0.3, 0.4) is 0 Å². The van der Waals surface area contributed by atoms with Crippen LogP contribution in [0.15, 0.2) is 79.0 Å². The molecule has 254 valence electrons. The maximum absolute atomic E-state index is 13.9. The molecule has 4 aromatic rings. The van der Waals surface area contributed by atoms with E-state index in [9.17, 15) is 24.5 Å². The van der Waals surface area contributed by atoms with Crippen molar-refractivity contribution in [2.24, 2.45) is 5.92 Å². The van der Waals surface area contributed by atoms with Crippen molar-refractivity contribution in [3.8, 4) is 5.75 Å². The summed E-state index contributed by atoms with van der Waals surface area (Å²) in [5, 5.41) is 18.2. The molecule has 3 N–H and O–H groups in total. The van der Waals surface area contributed by atoms with E-state index < -0.39 is 34.7 Å². The van der Waals surface area contributed by atoms with Gasteiger partial charge in [-0.3, -0.25) is 24.5 Å². The highest BCUT2D eigenvalue weighted by molar-refractivity contribution is 5.91. The Kier molecular flexibility index (Phi) is 13.5. The second kappa shape index (κ2) is 18.2. The van der Waals surface area contributed by atoms with E-state index in [1.54, 1.807) is 25.3 Å². The van der Waals surface area contributed by atoms with Crippen molar-refractivity contribution >= 4 is 34.4 Å². The number of H-pyrrole nitrogens is 1. The Morgan fingerprint density at radius 2 is 1.67 bits per heavy atom. The largest absolute Gasteiger partial charge is 0.497 e. The van der Waals surface area contributed by atoms with Crippen LogP contribution < -0.4 is 15.4 Å². The maximum Gasteiger partial charge on any atom is 0.306 e. The lowest BCUT2D eigenvalue weighted by Gasteiger charge is -2.22. The second-order valence-corrected chi connectivity index (χ2v) is 11.8. The van der Waals surface area contributed by atoms with Crippen LogP contribution in [-0.4, -0.2) is 54.0 Å². The number of aromatic amines is 1. The molecule has 1 aromatic heterocycles. The van der Waals surface area contributed by atoms with Crippen LogP contribution in [-0.2, 0) is 38.4 Å². The zero-order valence-corrected chi connectivity index (χ0v) is 27.5. The number of benzene rings is 3. The van der Waals surface area contributed by atoms with Gasteiger partial charge in [0.25, 0.3) is 5.69 Å². The predicted molar refractivity (Wildman–Crippen MR) is 184 cm³/mol. The quantitative estimate of drug-likeness (QED) is 0.0496. The van der Waals surface area contributed by atoms with Gasteiger partial charge in [0, 0.05) is 47.6 Å². The van der Waals surface area contributed by atoms with Gasteiger partial charge in [-0.25, -0.2) is 0 Å². The van der Waals surface area contributed by atoms with E-state index >= 15 is 0 Å². The number of aromatic nitrogens is 1. The van der Waals surface area contributed by atoms with Gasteiger partial charge in [-0.2, -0.15) is 0 Å². The van der Waals surface area contributed by atoms with E-state index in [4.69, 9.17) is 9.47 Å². The molecular formula is C37H44N4O7. The molecule has 48 heavy (non-hydrogen) atoms. The molecule has 2 atom stereocenters. The lowest BCUT2D eigenvalue weighted by molar-refractivity contribution is -0.385. The second-order valence-electron chi connectivity index (χ2n) is 11.8. The number of para-hydroxylation sites is 2. The van der Waals surface area contributed by atoms with Crippen LogP contribution in [0, 0.1) is 16.0 Å². The lowest BCUT2D eigenvalue weighted by Crippen LogP contribution is -2.50. The van der Waals surface area contributed by atoms with Crippen LogP contribution in [0.25, 0.3) is 10.9 Å². The van der Waals surface area contributed by atoms with Crippen molar-refractivity contribution in [3.63, 3.8) is 0 Å². The Labute approximate surface area is 280 Å². The first-order valence-corrected chi connectivity index (χ1v) is 16.4. The van der Waals surface area contributed by atoms with Gasteiger partial charge in [-0.05, 0) is 61.4 Å². The predicted octanol–water partition coefficient (Wildman–Crippen LogP) is 5.84. The Balaban J connectivity index is 1.49. The van der Waals surface area contributed by atoms with Crippen LogP contribution >= 0.6 is 0 Å². The first-order valence-electron chi connectivity index (χ1n) is 16.4. The third kappa shape index (κ3) is 10.4. The van der Waals surface area contributed by atoms with Crippen LogP contribution in [0.4, 0.5) is 5.69 Å². The number of fused-ring (bicyclic) bond motifs is 1. The molecule has 0 bridgehead atoms. The molecule has 11 nitrogen and oxygen atoms in total. The Morgan fingerprint density at radius 3 is 2.42 bits per heavy atom. The third-order valence-corrected chi connectivity index (χ3v) is 8.34. The number of nitrogens with zero attached hydrogens (tertiary/aromatic N) is 1. The number of aryl methyl sites for hydroxylation is 1. The van der Waals surface area contributed by atoms with Gasteiger partial charge in [0.05, 0.1) is 25.1 Å². The number of nitro groups is 1. The summed E-state index contributed by atoms with van der Waals surface area (Å²) < 4.78 is 10.6. The Morgan fingerprint density at radius 1 is 0.917 bits per heavy atom. The normalized spacial score (nSPS) is 12.2. The molecule has 1 heterocycles. The van der Waals surface area contributed by atoms with E-state index in [0.29, 0.717) is 31.4 Å². The number of amides is 2. The van der Waals surface area contributed by atoms with Crippen molar-refractivity contribution in [2.75, 3.05) is 20.3 Å². The molecule has 0 fully saturated rings. The molecule has 11 heteroatoms. The number of unbranched alkanes of at least 4 members (excludes halogenated alkanes) is 1. The number of nitrogens with one attached hydrogen (secondary N) is 3. The Bertz CT molecular complexity index is 1670. The van der Waals surface area contributed by atoms with Crippen LogP contribution in [0.2, 0.25) is 0 Å². The summed E-state index contributed by atoms with van der Waals surface area (Å²) in [6.45, 7) is 2.43. The van der Waals surface area contributed by atoms with Crippen molar-refractivity contribution in [3.05, 3.63) is 106 Å². The molecule has 0 spiro atoms. The number of hydrogen-bond acceptors (Lipinski definition) is 7. The summed E-state index contributed by atoms with van der Waals surface area (Å²) in [7, 11) is 1.61. The number of methoxy groups -OCH3 is 1. The van der Waals surface area contributed by atoms with Gasteiger partial charge < -0.3 is 25.1 Å². The van der Waals surface area contributed by atoms with Gasteiger partial charge in [-0.15, -0.1) is 0 Å². The number of rotatable bonds is 19. The fraction of sp³-hybridized carbons (Fsp3) is 0.378. The van der Waals surface area contributed by atoms with E-state index in [1.807, 2.05) is 61.7 Å². The van der Waals surface area contributed by atoms with E-state index in [1.165, 1.54) is 6.07 Å². The van der Waals surface area contributed by atoms with Crippen molar-refractivity contribution in [1.82, 2.24) is 15.6 Å². The van der Waals surface area contributed by atoms with Crippen molar-refractivity contribution in [1.29, 1.82) is 0 Å². The molecular weight excluding hydrogens is 612 g/mol. The van der Waals surface area contributed by atoms with Gasteiger partial charge in [-0.1, -0.05) is 61.9 Å². The number of esters is 1. The minimum Gasteiger partial charge on any atom is -0.497 e. The molecule has 0 aliphatic rings. The lowest BCUT2D eigenvalue weighted by atomic mass is 9.94. The SMILES string of the molecule is CCCCOC(=O)C[C@@H](CCCc1ccc(OC)cc1)C(=O)N[C@@H](Cc1c[nH]c2ccccc12)C(=O)NCCc1ccccc1[N+](=O)[O-]. The van der Waals surface area contributed by atoms with Gasteiger partial charge in [0.1, 0.15) is 11.8 Å². The number of nitro benzene ring substituents is 1. The van der Waals surface area contributed by atoms with Crippen LogP contribution in [0.5, 0.6) is 5.75 Å². The molecule has 0 saturated heterocycles. The van der Waals surface area contributed by atoms with Gasteiger partial charge in [0.15, 0.2) is 0 Å². The molecule has 2 amide bonds. The molecule has 0 saturated carbocycles. The fourth-order valence-corrected chi connectivity index (χ4v) is 5.62. The minimum atomic E-state index is -0.956. The summed E-state index contributed by atoms with van der Waals surface area (Å²) in [5.41, 5.74) is 3.31. The summed E-state index contributed by atoms with van der Waals surface area (Å²) >= 11 is 0. The molecule has 3 aromatic carbocycles. The number of hydrogen-bond donors (Lipinski definition) is 3. The van der Waals surface area contributed by atoms with Gasteiger partial charge in [0.2, 0.25) is 11.8 Å². The van der Waals surface area contributed by atoms with Gasteiger partial charge >= 0.3 is 5.97 Å². The van der Waals surface area contributed by atoms with E-state index in [2.05, 4.69) is 15.6 Å². The highest BCUT2D eigenvalue weighted by Gasteiger charge is 2.28. The molecule has 0 aliphatic heterocycles. The maximum atomic E-state index is 13.9. The van der Waals surface area contributed by atoms with Crippen molar-refractivity contribution in [2.45, 2.75) is 64.3 Å². The highest BCUT2D eigenvalue weighted by atomic mass is 16.6. The molecule has 0 radical (unpaired) electrons. The minimum absolute atomic E-state index is 0.0151. The zero-order valence-electron chi connectivity index (χ0n) is 27.5. The monoisotopic (exact) mass is 656 g/mol. The van der Waals surface area contributed by atoms with E-state index in [0.717, 1.165) is 40.6 Å². The average molecular weight is 657 g/mol. The topological polar surface area (TPSA) is 153 Å². The molecule has 0 aliphatic carbocycles. The molecule has 0 unspecified atom stereocenters. The van der Waals surface area contributed by atoms with Crippen molar-refractivity contribution < 1.29 is 28.8 Å². The zero-order chi connectivity index (χ0) is 34.3. The Hall–Kier alpha value is -5.19. The number of carbonyl (C=O) groups excluding carboxylic acids is 3. The number of ether oxygens (including phenoxy) is 2. The summed E-state index contributed by atoms with van der Waals surface area (Å²) in [6.07, 6.45) is 5.53. The third-order valence-electron chi connectivity index (χ3n) is 8.34. The molecule has 4 rings (SSSR count). The fourth-order valence-electron chi connectivity index (χ4n) is 5.62. The summed E-state index contributed by atoms with van der Waals surface area (Å²) in [5.74, 6) is -1.23. The highest BCUT2D eigenvalue weighted by Crippen LogP contribution is 2.22. The van der Waals surface area contributed by atoms with Crippen LogP contribution in [0.1, 0.15) is 55.7 Å². The van der Waals surface area contributed by atoms with E-state index in [-0.39, 0.29) is 31.5 Å². The summed E-state index contributed by atoms with van der Waals surface area (Å²) in [4.78, 5) is 54.5. The number of carbonyl (C=O) groups is 3. The summed E-state index contributed by atoms with van der Waals surface area (Å²) in [6, 6.07) is 20.8. The first kappa shape index (κ1) is 35.7. The first-order chi connectivity index (χ1) is 23.3. The standard InChI is InChI=1S/C37H44N4O7/c1-3-4-22-48-35(42)24-28(12-9-10-26-16-18-30(47-2)19-17-26)36(43)40-33(23-29-25-39-32-14-7-6-13-31(29)32)37(44)38-21-20-27-11-5-8-15-34(27)41(45)46/h5-8,11,13-19,25,28,33,39H,3-4,9-10,12,20-24H2,1-2H3,(H,38,44)(H,40,43)/t28-,33+/m1/s1. The average Bonchev–Trinajstić information content (AvgIpc) is 3.50.